The fourth-order valence-corrected chi connectivity index (χ4v) is 3.25. The summed E-state index contributed by atoms with van der Waals surface area (Å²) in [7, 11) is 0. The number of urea groups is 1. The molecule has 1 spiro atoms. The van der Waals surface area contributed by atoms with Crippen molar-refractivity contribution >= 4 is 6.03 Å². The van der Waals surface area contributed by atoms with Crippen LogP contribution in [0, 0.1) is 5.92 Å². The summed E-state index contributed by atoms with van der Waals surface area (Å²) in [6.07, 6.45) is 6.56. The van der Waals surface area contributed by atoms with Gasteiger partial charge in [-0.3, -0.25) is 0 Å². The minimum Gasteiger partial charge on any atom is -0.396 e. The number of hydrogen-bond acceptors (Lipinski definition) is 3. The normalized spacial score (nSPS) is 28.1. The molecule has 0 bridgehead atoms. The smallest absolute Gasteiger partial charge is 0.315 e. The highest BCUT2D eigenvalue weighted by molar-refractivity contribution is 5.74. The molecule has 5 nitrogen and oxygen atoms in total. The maximum atomic E-state index is 12.0. The van der Waals surface area contributed by atoms with Crippen LogP contribution in [-0.4, -0.2) is 42.0 Å². The van der Waals surface area contributed by atoms with E-state index >= 15 is 0 Å². The van der Waals surface area contributed by atoms with Crippen molar-refractivity contribution in [3.63, 3.8) is 0 Å². The van der Waals surface area contributed by atoms with Gasteiger partial charge in [-0.2, -0.15) is 0 Å². The maximum Gasteiger partial charge on any atom is 0.315 e. The molecule has 0 radical (unpaired) electrons. The Morgan fingerprint density at radius 3 is 2.75 bits per heavy atom. The third-order valence-electron chi connectivity index (χ3n) is 4.84. The molecule has 5 heteroatoms. The minimum atomic E-state index is -0.127. The van der Waals surface area contributed by atoms with Crippen molar-refractivity contribution in [1.29, 1.82) is 0 Å². The van der Waals surface area contributed by atoms with Gasteiger partial charge in [-0.15, -0.1) is 0 Å². The Hall–Kier alpha value is -0.810. The summed E-state index contributed by atoms with van der Waals surface area (Å²) in [5.41, 5.74) is 0.0280. The summed E-state index contributed by atoms with van der Waals surface area (Å²) < 4.78 is 5.97. The number of nitrogens with one attached hydrogen (secondary N) is 2. The van der Waals surface area contributed by atoms with E-state index in [1.54, 1.807) is 0 Å². The Balaban J connectivity index is 1.79. The summed E-state index contributed by atoms with van der Waals surface area (Å²) in [6.45, 7) is 4.67. The molecule has 1 heterocycles. The van der Waals surface area contributed by atoms with Gasteiger partial charge in [0.2, 0.25) is 0 Å². The standard InChI is InChI=1S/C15H28N2O3/c1-11(10-18)12(2)16-14(19)17-13-5-8-20-15(9-13)6-3-4-7-15/h11-13,18H,3-10H2,1-2H3,(H2,16,17,19). The van der Waals surface area contributed by atoms with Gasteiger partial charge in [-0.25, -0.2) is 4.79 Å². The average Bonchev–Trinajstić information content (AvgIpc) is 2.85. The van der Waals surface area contributed by atoms with Crippen molar-refractivity contribution in [2.24, 2.45) is 5.92 Å². The molecule has 3 unspecified atom stereocenters. The fourth-order valence-electron chi connectivity index (χ4n) is 3.25. The highest BCUT2D eigenvalue weighted by atomic mass is 16.5. The Morgan fingerprint density at radius 1 is 1.40 bits per heavy atom. The summed E-state index contributed by atoms with van der Waals surface area (Å²) in [5, 5.41) is 15.1. The molecule has 0 aromatic carbocycles. The van der Waals surface area contributed by atoms with E-state index in [9.17, 15) is 4.79 Å². The molecule has 3 atom stereocenters. The molecule has 1 saturated heterocycles. The van der Waals surface area contributed by atoms with Crippen molar-refractivity contribution in [3.8, 4) is 0 Å². The first-order chi connectivity index (χ1) is 9.54. The lowest BCUT2D eigenvalue weighted by atomic mass is 9.89. The van der Waals surface area contributed by atoms with Gasteiger partial charge in [0.05, 0.1) is 5.60 Å². The van der Waals surface area contributed by atoms with Gasteiger partial charge in [0.15, 0.2) is 0 Å². The number of aliphatic hydroxyl groups is 1. The predicted octanol–water partition coefficient (Wildman–Crippen LogP) is 1.79. The van der Waals surface area contributed by atoms with Crippen LogP contribution >= 0.6 is 0 Å². The van der Waals surface area contributed by atoms with Gasteiger partial charge in [-0.1, -0.05) is 19.8 Å². The quantitative estimate of drug-likeness (QED) is 0.737. The summed E-state index contributed by atoms with van der Waals surface area (Å²) in [6, 6.07) is 0.0524. The first-order valence-corrected chi connectivity index (χ1v) is 7.86. The number of aliphatic hydroxyl groups excluding tert-OH is 1. The summed E-state index contributed by atoms with van der Waals surface area (Å²) in [4.78, 5) is 12.0. The number of carbonyl (C=O) groups is 1. The Kier molecular flexibility index (Phi) is 5.27. The van der Waals surface area contributed by atoms with Crippen molar-refractivity contribution < 1.29 is 14.6 Å². The monoisotopic (exact) mass is 284 g/mol. The lowest BCUT2D eigenvalue weighted by molar-refractivity contribution is -0.0820. The number of rotatable bonds is 4. The third-order valence-corrected chi connectivity index (χ3v) is 4.84. The van der Waals surface area contributed by atoms with Crippen molar-refractivity contribution in [2.45, 2.75) is 70.1 Å². The van der Waals surface area contributed by atoms with Crippen LogP contribution in [0.5, 0.6) is 0 Å². The Labute approximate surface area is 121 Å². The molecule has 2 aliphatic rings. The molecule has 2 amide bonds. The number of hydrogen-bond donors (Lipinski definition) is 3. The second-order valence-corrected chi connectivity index (χ2v) is 6.49. The molecular weight excluding hydrogens is 256 g/mol. The maximum absolute atomic E-state index is 12.0. The highest BCUT2D eigenvalue weighted by Crippen LogP contribution is 2.39. The molecule has 1 aliphatic carbocycles. The molecule has 0 aromatic rings. The van der Waals surface area contributed by atoms with Gasteiger partial charge >= 0.3 is 6.03 Å². The number of ether oxygens (including phenoxy) is 1. The van der Waals surface area contributed by atoms with Crippen LogP contribution in [0.4, 0.5) is 4.79 Å². The third kappa shape index (κ3) is 3.85. The van der Waals surface area contributed by atoms with Crippen LogP contribution in [0.3, 0.4) is 0 Å². The fraction of sp³-hybridized carbons (Fsp3) is 0.933. The first-order valence-electron chi connectivity index (χ1n) is 7.86. The van der Waals surface area contributed by atoms with Gasteiger partial charge < -0.3 is 20.5 Å². The van der Waals surface area contributed by atoms with Gasteiger partial charge in [0.1, 0.15) is 0 Å². The van der Waals surface area contributed by atoms with E-state index in [-0.39, 0.29) is 36.2 Å². The molecule has 3 N–H and O–H groups in total. The van der Waals surface area contributed by atoms with Crippen molar-refractivity contribution in [1.82, 2.24) is 10.6 Å². The van der Waals surface area contributed by atoms with E-state index in [4.69, 9.17) is 9.84 Å². The summed E-state index contributed by atoms with van der Waals surface area (Å²) >= 11 is 0. The lowest BCUT2D eigenvalue weighted by Gasteiger charge is -2.38. The van der Waals surface area contributed by atoms with Crippen LogP contribution in [-0.2, 0) is 4.74 Å². The molecule has 2 fully saturated rings. The summed E-state index contributed by atoms with van der Waals surface area (Å²) in [5.74, 6) is 0.0663. The molecule has 1 saturated carbocycles. The highest BCUT2D eigenvalue weighted by Gasteiger charge is 2.40. The Bertz CT molecular complexity index is 329. The van der Waals surface area contributed by atoms with Crippen molar-refractivity contribution in [2.75, 3.05) is 13.2 Å². The van der Waals surface area contributed by atoms with E-state index in [2.05, 4.69) is 10.6 Å². The second-order valence-electron chi connectivity index (χ2n) is 6.49. The number of carbonyl (C=O) groups excluding carboxylic acids is 1. The van der Waals surface area contributed by atoms with E-state index in [1.807, 2.05) is 13.8 Å². The lowest BCUT2D eigenvalue weighted by Crippen LogP contribution is -2.52. The Morgan fingerprint density at radius 2 is 2.10 bits per heavy atom. The zero-order valence-electron chi connectivity index (χ0n) is 12.7. The molecule has 116 valence electrons. The minimum absolute atomic E-state index is 0.0275. The van der Waals surface area contributed by atoms with E-state index < -0.39 is 0 Å². The van der Waals surface area contributed by atoms with Crippen LogP contribution < -0.4 is 10.6 Å². The van der Waals surface area contributed by atoms with Crippen LogP contribution in [0.1, 0.15) is 52.4 Å². The molecular formula is C15H28N2O3. The van der Waals surface area contributed by atoms with Crippen LogP contribution in [0.15, 0.2) is 0 Å². The zero-order valence-corrected chi connectivity index (χ0v) is 12.7. The van der Waals surface area contributed by atoms with Gasteiger partial charge in [0, 0.05) is 25.3 Å². The SMILES string of the molecule is CC(CO)C(C)NC(=O)NC1CCOC2(CCCC2)C1. The van der Waals surface area contributed by atoms with Crippen molar-refractivity contribution in [3.05, 3.63) is 0 Å². The van der Waals surface area contributed by atoms with E-state index in [0.717, 1.165) is 32.3 Å². The number of amides is 2. The van der Waals surface area contributed by atoms with Crippen LogP contribution in [0.25, 0.3) is 0 Å². The molecule has 20 heavy (non-hydrogen) atoms. The van der Waals surface area contributed by atoms with Crippen LogP contribution in [0.2, 0.25) is 0 Å². The molecule has 0 aromatic heterocycles. The second kappa shape index (κ2) is 6.76. The topological polar surface area (TPSA) is 70.6 Å². The average molecular weight is 284 g/mol. The van der Waals surface area contributed by atoms with Gasteiger partial charge in [0.25, 0.3) is 0 Å². The predicted molar refractivity (Wildman–Crippen MR) is 77.6 cm³/mol. The van der Waals surface area contributed by atoms with E-state index in [0.29, 0.717) is 0 Å². The van der Waals surface area contributed by atoms with Gasteiger partial charge in [-0.05, 0) is 38.5 Å². The largest absolute Gasteiger partial charge is 0.396 e. The zero-order chi connectivity index (χ0) is 14.6. The molecule has 1 aliphatic heterocycles. The first kappa shape index (κ1) is 15.6. The van der Waals surface area contributed by atoms with E-state index in [1.165, 1.54) is 12.8 Å². The molecule has 2 rings (SSSR count).